The number of likely N-dealkylation sites (N-methyl/N-ethyl adjacent to an activating group) is 1. The first kappa shape index (κ1) is 38.9. The molecule has 4 atom stereocenters. The summed E-state index contributed by atoms with van der Waals surface area (Å²) in [6.07, 6.45) is 5.13. The molecule has 6 heterocycles. The molecule has 310 valence electrons. The predicted molar refractivity (Wildman–Crippen MR) is 236 cm³/mol. The Balaban J connectivity index is 0.950. The van der Waals surface area contributed by atoms with Crippen LogP contribution in [0.3, 0.4) is 0 Å². The van der Waals surface area contributed by atoms with Crippen LogP contribution in [0.5, 0.6) is 6.01 Å². The maximum absolute atomic E-state index is 14.9. The molecule has 4 aromatic carbocycles. The van der Waals surface area contributed by atoms with Gasteiger partial charge in [0.2, 0.25) is 5.91 Å². The Morgan fingerprint density at radius 1 is 0.852 bits per heavy atom. The van der Waals surface area contributed by atoms with Crippen LogP contribution in [0.4, 0.5) is 11.5 Å². The minimum atomic E-state index is -0.671. The Morgan fingerprint density at radius 3 is 2.21 bits per heavy atom. The Bertz CT molecular complexity index is 2460. The number of aryl methyl sites for hydroxylation is 1. The number of nitrogens with one attached hydrogen (secondary N) is 1. The topological polar surface area (TPSA) is 121 Å². The predicted octanol–water partition coefficient (Wildman–Crippen LogP) is 6.30. The highest BCUT2D eigenvalue weighted by atomic mass is 16.5. The maximum atomic E-state index is 14.9. The second-order valence-corrected chi connectivity index (χ2v) is 17.0. The lowest BCUT2D eigenvalue weighted by Gasteiger charge is -2.43. The number of anilines is 2. The van der Waals surface area contributed by atoms with Crippen LogP contribution in [0.2, 0.25) is 0 Å². The molecule has 0 radical (unpaired) electrons. The molecule has 10 rings (SSSR count). The highest BCUT2D eigenvalue weighted by molar-refractivity contribution is 5.93. The molecule has 6 aromatic rings. The molecule has 0 saturated carbocycles. The minimum Gasteiger partial charge on any atom is -0.462 e. The number of hydrogen-bond acceptors (Lipinski definition) is 10. The number of ether oxygens (including phenoxy) is 1. The van der Waals surface area contributed by atoms with Gasteiger partial charge in [0.15, 0.2) is 0 Å². The molecular weight excluding hydrogens is 761 g/mol. The molecule has 0 spiro atoms. The minimum absolute atomic E-state index is 0.0703. The van der Waals surface area contributed by atoms with Gasteiger partial charge in [-0.15, -0.1) is 0 Å². The van der Waals surface area contributed by atoms with Crippen LogP contribution in [0.1, 0.15) is 52.8 Å². The van der Waals surface area contributed by atoms with Gasteiger partial charge in [-0.1, -0.05) is 97.1 Å². The Morgan fingerprint density at radius 2 is 1.56 bits per heavy atom. The number of amides is 1. The monoisotopic (exact) mass is 812 g/mol. The largest absolute Gasteiger partial charge is 0.462 e. The van der Waals surface area contributed by atoms with E-state index in [1.807, 2.05) is 29.3 Å². The lowest BCUT2D eigenvalue weighted by Crippen LogP contribution is -2.57. The van der Waals surface area contributed by atoms with Gasteiger partial charge in [-0.25, -0.2) is 0 Å². The average molecular weight is 813 g/mol. The van der Waals surface area contributed by atoms with E-state index < -0.39 is 5.54 Å². The fourth-order valence-corrected chi connectivity index (χ4v) is 10.4. The van der Waals surface area contributed by atoms with Crippen molar-refractivity contribution >= 4 is 28.3 Å². The third-order valence-electron chi connectivity index (χ3n) is 13.5. The van der Waals surface area contributed by atoms with E-state index in [-0.39, 0.29) is 24.4 Å². The lowest BCUT2D eigenvalue weighted by molar-refractivity contribution is -0.134. The number of nitrogens with zero attached hydrogens (tertiary/aromatic N) is 9. The Labute approximate surface area is 357 Å². The molecule has 0 bridgehead atoms. The van der Waals surface area contributed by atoms with Crippen LogP contribution in [0.25, 0.3) is 10.9 Å². The van der Waals surface area contributed by atoms with Crippen LogP contribution >= 0.6 is 0 Å². The third kappa shape index (κ3) is 7.05. The number of aromatic amines is 1. The number of likely N-dealkylation sites (tertiary alicyclic amines) is 1. The summed E-state index contributed by atoms with van der Waals surface area (Å²) in [4.78, 5) is 36.5. The number of fused-ring (bicyclic) bond motifs is 2. The van der Waals surface area contributed by atoms with Crippen molar-refractivity contribution in [3.8, 4) is 12.1 Å². The summed E-state index contributed by atoms with van der Waals surface area (Å²) in [7, 11) is 2.15. The molecule has 4 aliphatic rings. The molecule has 12 nitrogen and oxygen atoms in total. The second-order valence-electron chi connectivity index (χ2n) is 17.0. The second kappa shape index (κ2) is 16.3. The Hall–Kier alpha value is -6.29. The van der Waals surface area contributed by atoms with E-state index in [1.54, 1.807) is 0 Å². The van der Waals surface area contributed by atoms with E-state index in [0.29, 0.717) is 51.4 Å². The van der Waals surface area contributed by atoms with E-state index in [1.165, 1.54) is 11.3 Å². The summed E-state index contributed by atoms with van der Waals surface area (Å²) in [6, 6.07) is 38.3. The maximum Gasteiger partial charge on any atom is 0.318 e. The quantitative estimate of drug-likeness (QED) is 0.118. The number of rotatable bonds is 11. The van der Waals surface area contributed by atoms with Crippen LogP contribution in [-0.2, 0) is 23.3 Å². The average Bonchev–Trinajstić information content (AvgIpc) is 3.75. The fraction of sp³-hybridized carbons (Fsp3) is 0.367. The SMILES string of the molecule is Cc1ccc2[nH]ncc2c1N1CCc2c(nc(OCC3CCCN3C)nc2N2CCN(C(=O)C3CN3C(c3ccccc3)(c3ccccc3)c3ccccc3)C(CC#N)C2)C1. The van der Waals surface area contributed by atoms with Crippen LogP contribution in [-0.4, -0.2) is 112 Å². The van der Waals surface area contributed by atoms with Gasteiger partial charge in [-0.05, 0) is 68.1 Å². The van der Waals surface area contributed by atoms with Gasteiger partial charge in [0, 0.05) is 49.7 Å². The summed E-state index contributed by atoms with van der Waals surface area (Å²) < 4.78 is 6.46. The summed E-state index contributed by atoms with van der Waals surface area (Å²) in [5, 5.41) is 18.8. The number of aromatic nitrogens is 4. The van der Waals surface area contributed by atoms with Gasteiger partial charge in [0.1, 0.15) is 18.5 Å². The third-order valence-corrected chi connectivity index (χ3v) is 13.5. The summed E-state index contributed by atoms with van der Waals surface area (Å²) in [6.45, 7) is 7.33. The molecule has 2 aromatic heterocycles. The van der Waals surface area contributed by atoms with Crippen molar-refractivity contribution in [2.75, 3.05) is 62.7 Å². The van der Waals surface area contributed by atoms with Crippen LogP contribution < -0.4 is 14.5 Å². The number of hydrogen-bond donors (Lipinski definition) is 1. The molecule has 1 N–H and O–H groups in total. The van der Waals surface area contributed by atoms with Crippen molar-refractivity contribution < 1.29 is 9.53 Å². The molecule has 4 unspecified atom stereocenters. The molecule has 12 heteroatoms. The summed E-state index contributed by atoms with van der Waals surface area (Å²) in [5.41, 5.74) is 8.10. The van der Waals surface area contributed by atoms with Gasteiger partial charge in [0.05, 0.1) is 53.7 Å². The van der Waals surface area contributed by atoms with E-state index >= 15 is 0 Å². The first-order valence-corrected chi connectivity index (χ1v) is 21.7. The van der Waals surface area contributed by atoms with Gasteiger partial charge in [-0.2, -0.15) is 20.3 Å². The highest BCUT2D eigenvalue weighted by Crippen LogP contribution is 2.49. The summed E-state index contributed by atoms with van der Waals surface area (Å²) in [5.74, 6) is 0.929. The highest BCUT2D eigenvalue weighted by Gasteiger charge is 2.57. The first-order valence-electron chi connectivity index (χ1n) is 21.7. The zero-order chi connectivity index (χ0) is 41.5. The van der Waals surface area contributed by atoms with Crippen LogP contribution in [0, 0.1) is 18.3 Å². The smallest absolute Gasteiger partial charge is 0.318 e. The number of benzene rings is 4. The summed E-state index contributed by atoms with van der Waals surface area (Å²) >= 11 is 0. The molecule has 4 aliphatic heterocycles. The lowest BCUT2D eigenvalue weighted by atomic mass is 9.76. The van der Waals surface area contributed by atoms with Crippen molar-refractivity contribution in [2.24, 2.45) is 0 Å². The number of carbonyl (C=O) groups excluding carboxylic acids is 1. The molecule has 0 aliphatic carbocycles. The number of H-pyrrole nitrogens is 1. The van der Waals surface area contributed by atoms with Crippen molar-refractivity contribution in [1.29, 1.82) is 5.26 Å². The van der Waals surface area contributed by atoms with Gasteiger partial charge < -0.3 is 24.3 Å². The molecule has 61 heavy (non-hydrogen) atoms. The van der Waals surface area contributed by atoms with Crippen molar-refractivity contribution in [1.82, 2.24) is 34.9 Å². The molecule has 3 fully saturated rings. The van der Waals surface area contributed by atoms with Gasteiger partial charge in [-0.3, -0.25) is 14.8 Å². The van der Waals surface area contributed by atoms with E-state index in [4.69, 9.17) is 14.7 Å². The standard InChI is InChI=1S/C49H52N10O2/c1-34-20-21-42-41(29-51-54-42)45(34)56-26-23-40-43(31-56)52-48(61-33-39-19-12-25-55(39)2)53-46(40)57-27-28-58(38(30-57)22-24-50)47(60)44-32-59(44)49(35-13-6-3-7-14-35,36-15-8-4-9-16-36)37-17-10-5-11-18-37/h3-11,13-18,20-21,29,38-39,44H,12,19,22-23,25-28,30-33H2,1-2H3,(H,51,54). The normalized spacial score (nSPS) is 21.6. The van der Waals surface area contributed by atoms with Crippen molar-refractivity contribution in [3.63, 3.8) is 0 Å². The number of piperazine rings is 1. The molecule has 1 amide bonds. The zero-order valence-corrected chi connectivity index (χ0v) is 35.0. The fourth-order valence-electron chi connectivity index (χ4n) is 10.4. The molecular formula is C49H52N10O2. The van der Waals surface area contributed by atoms with Crippen molar-refractivity contribution in [3.05, 3.63) is 143 Å². The number of nitriles is 1. The zero-order valence-electron chi connectivity index (χ0n) is 35.0. The molecule has 3 saturated heterocycles. The first-order chi connectivity index (χ1) is 29.9. The van der Waals surface area contributed by atoms with Crippen LogP contribution in [0.15, 0.2) is 109 Å². The van der Waals surface area contributed by atoms with E-state index in [2.05, 4.69) is 135 Å². The van der Waals surface area contributed by atoms with Gasteiger partial charge >= 0.3 is 6.01 Å². The van der Waals surface area contributed by atoms with E-state index in [9.17, 15) is 10.1 Å². The van der Waals surface area contributed by atoms with Crippen molar-refractivity contribution in [2.45, 2.75) is 62.8 Å². The van der Waals surface area contributed by atoms with Gasteiger partial charge in [0.25, 0.3) is 0 Å². The Kier molecular flexibility index (Phi) is 10.4. The van der Waals surface area contributed by atoms with E-state index in [0.717, 1.165) is 77.0 Å². The number of carbonyl (C=O) groups is 1.